The second-order valence-corrected chi connectivity index (χ2v) is 8.54. The van der Waals surface area contributed by atoms with Crippen molar-refractivity contribution in [1.29, 1.82) is 0 Å². The third-order valence-corrected chi connectivity index (χ3v) is 5.91. The molecule has 2 aromatic rings. The van der Waals surface area contributed by atoms with Crippen LogP contribution in [0, 0.1) is 6.92 Å². The van der Waals surface area contributed by atoms with E-state index in [1.807, 2.05) is 37.3 Å². The highest BCUT2D eigenvalue weighted by atomic mass is 32.2. The van der Waals surface area contributed by atoms with Crippen LogP contribution in [0.25, 0.3) is 6.08 Å². The number of aryl methyl sites for hydroxylation is 1. The van der Waals surface area contributed by atoms with Crippen LogP contribution in [-0.2, 0) is 27.4 Å². The zero-order valence-corrected chi connectivity index (χ0v) is 20.3. The summed E-state index contributed by atoms with van der Waals surface area (Å²) >= 11 is 0.781. The Labute approximate surface area is 203 Å². The molecule has 2 aromatic carbocycles. The second kappa shape index (κ2) is 11.6. The lowest BCUT2D eigenvalue weighted by molar-refractivity contribution is -0.145. The molecule has 1 heterocycles. The molecule has 0 N–H and O–H groups in total. The van der Waals surface area contributed by atoms with Crippen molar-refractivity contribution in [2.24, 2.45) is 0 Å². The number of benzene rings is 2. The fraction of sp³-hybridized carbons (Fsp3) is 0.269. The smallest absolute Gasteiger partial charge is 0.326 e. The van der Waals surface area contributed by atoms with Crippen LogP contribution in [0.4, 0.5) is 4.79 Å². The van der Waals surface area contributed by atoms with Crippen molar-refractivity contribution in [3.05, 3.63) is 76.2 Å². The minimum atomic E-state index is -0.629. The summed E-state index contributed by atoms with van der Waals surface area (Å²) in [5.74, 6) is -0.0675. The molecule has 0 saturated carbocycles. The van der Waals surface area contributed by atoms with E-state index in [9.17, 15) is 14.4 Å². The van der Waals surface area contributed by atoms with Gasteiger partial charge in [-0.3, -0.25) is 19.3 Å². The summed E-state index contributed by atoms with van der Waals surface area (Å²) in [4.78, 5) is 37.8. The number of esters is 1. The Kier molecular flexibility index (Phi) is 8.54. The Bertz CT molecular complexity index is 1120. The van der Waals surface area contributed by atoms with Crippen LogP contribution in [0.1, 0.15) is 29.2 Å². The quantitative estimate of drug-likeness (QED) is 0.271. The number of hydrogen-bond acceptors (Lipinski definition) is 7. The number of rotatable bonds is 10. The van der Waals surface area contributed by atoms with Gasteiger partial charge in [0.1, 0.15) is 13.2 Å². The summed E-state index contributed by atoms with van der Waals surface area (Å²) in [5, 5.41) is -0.513. The molecule has 7 nitrogen and oxygen atoms in total. The minimum absolute atomic E-state index is 0.176. The zero-order valence-electron chi connectivity index (χ0n) is 19.5. The van der Waals surface area contributed by atoms with Crippen molar-refractivity contribution in [2.45, 2.75) is 26.9 Å². The maximum Gasteiger partial charge on any atom is 0.326 e. The van der Waals surface area contributed by atoms with Gasteiger partial charge in [-0.25, -0.2) is 0 Å². The lowest BCUT2D eigenvalue weighted by Gasteiger charge is -2.16. The van der Waals surface area contributed by atoms with Crippen LogP contribution < -0.4 is 9.47 Å². The van der Waals surface area contributed by atoms with Gasteiger partial charge in [0.2, 0.25) is 0 Å². The number of carbonyl (C=O) groups excluding carboxylic acids is 3. The molecule has 8 heteroatoms. The first-order valence-electron chi connectivity index (χ1n) is 10.8. The van der Waals surface area contributed by atoms with E-state index in [0.717, 1.165) is 27.8 Å². The largest absolute Gasteiger partial charge is 0.493 e. The Balaban J connectivity index is 1.86. The molecule has 0 spiro atoms. The lowest BCUT2D eigenvalue weighted by atomic mass is 10.0. The fourth-order valence-electron chi connectivity index (χ4n) is 3.35. The van der Waals surface area contributed by atoms with E-state index in [1.165, 1.54) is 5.56 Å². The zero-order chi connectivity index (χ0) is 24.7. The normalized spacial score (nSPS) is 14.4. The molecule has 178 valence electrons. The van der Waals surface area contributed by atoms with E-state index in [1.54, 1.807) is 32.3 Å². The van der Waals surface area contributed by atoms with Gasteiger partial charge in [-0.1, -0.05) is 35.9 Å². The lowest BCUT2D eigenvalue weighted by Crippen LogP contribution is -2.34. The van der Waals surface area contributed by atoms with Crippen LogP contribution >= 0.6 is 11.8 Å². The van der Waals surface area contributed by atoms with Gasteiger partial charge >= 0.3 is 5.97 Å². The number of imide groups is 1. The molecule has 2 amide bonds. The van der Waals surface area contributed by atoms with E-state index < -0.39 is 23.7 Å². The van der Waals surface area contributed by atoms with Crippen molar-refractivity contribution in [3.63, 3.8) is 0 Å². The predicted molar refractivity (Wildman–Crippen MR) is 132 cm³/mol. The highest BCUT2D eigenvalue weighted by Gasteiger charge is 2.36. The van der Waals surface area contributed by atoms with Crippen molar-refractivity contribution in [2.75, 3.05) is 20.3 Å². The molecule has 0 unspecified atom stereocenters. The summed E-state index contributed by atoms with van der Waals surface area (Å²) in [6, 6.07) is 11.7. The molecule has 0 atom stereocenters. The molecule has 34 heavy (non-hydrogen) atoms. The molecular weight excluding hydrogens is 454 g/mol. The van der Waals surface area contributed by atoms with Gasteiger partial charge < -0.3 is 14.2 Å². The molecule has 3 rings (SSSR count). The van der Waals surface area contributed by atoms with Crippen molar-refractivity contribution >= 4 is 35.0 Å². The number of thioether (sulfide) groups is 1. The number of methoxy groups -OCH3 is 1. The van der Waals surface area contributed by atoms with Gasteiger partial charge in [-0.15, -0.1) is 6.58 Å². The Morgan fingerprint density at radius 3 is 2.56 bits per heavy atom. The van der Waals surface area contributed by atoms with Crippen molar-refractivity contribution < 1.29 is 28.6 Å². The number of allylic oxidation sites excluding steroid dienone is 1. The number of ether oxygens (including phenoxy) is 3. The second-order valence-electron chi connectivity index (χ2n) is 7.55. The van der Waals surface area contributed by atoms with E-state index in [2.05, 4.69) is 6.58 Å². The average Bonchev–Trinajstić information content (AvgIpc) is 3.06. The van der Waals surface area contributed by atoms with E-state index in [0.29, 0.717) is 30.1 Å². The van der Waals surface area contributed by atoms with Gasteiger partial charge in [0.25, 0.3) is 11.1 Å². The predicted octanol–water partition coefficient (Wildman–Crippen LogP) is 4.91. The summed E-state index contributed by atoms with van der Waals surface area (Å²) in [7, 11) is 1.54. The molecule has 0 aromatic heterocycles. The van der Waals surface area contributed by atoms with Crippen molar-refractivity contribution in [3.8, 4) is 11.5 Å². The van der Waals surface area contributed by atoms with Gasteiger partial charge in [0, 0.05) is 5.56 Å². The molecule has 0 radical (unpaired) electrons. The third kappa shape index (κ3) is 6.08. The number of carbonyl (C=O) groups is 3. The van der Waals surface area contributed by atoms with Crippen LogP contribution in [0.2, 0.25) is 0 Å². The Morgan fingerprint density at radius 2 is 1.91 bits per heavy atom. The number of nitrogens with zero attached hydrogens (tertiary/aromatic N) is 1. The first kappa shape index (κ1) is 25.1. The topological polar surface area (TPSA) is 82.1 Å². The molecular formula is C26H27NO6S. The third-order valence-electron chi connectivity index (χ3n) is 5.01. The van der Waals surface area contributed by atoms with Crippen LogP contribution in [0.15, 0.2) is 54.0 Å². The summed E-state index contributed by atoms with van der Waals surface area (Å²) < 4.78 is 16.5. The van der Waals surface area contributed by atoms with E-state index in [4.69, 9.17) is 14.2 Å². The maximum atomic E-state index is 12.7. The SMILES string of the molecule is C=CCc1cc(/C=C2/SC(=O)N(CC(=O)OCC)C2=O)cc(OC)c1OCc1ccc(C)cc1. The van der Waals surface area contributed by atoms with E-state index >= 15 is 0 Å². The minimum Gasteiger partial charge on any atom is -0.493 e. The van der Waals surface area contributed by atoms with Gasteiger partial charge in [0.05, 0.1) is 18.6 Å². The fourth-order valence-corrected chi connectivity index (χ4v) is 4.19. The molecule has 1 aliphatic rings. The molecule has 0 bridgehead atoms. The maximum absolute atomic E-state index is 12.7. The standard InChI is InChI=1S/C26H27NO6S/c1-5-7-20-12-19(14-22-25(29)27(26(30)34-22)15-23(28)32-6-2)13-21(31-4)24(20)33-16-18-10-8-17(3)9-11-18/h5,8-14H,1,6-7,15-16H2,2-4H3/b22-14+. The number of amides is 2. The van der Waals surface area contributed by atoms with Crippen LogP contribution in [-0.4, -0.2) is 42.3 Å². The summed E-state index contributed by atoms with van der Waals surface area (Å²) in [5.41, 5.74) is 3.69. The van der Waals surface area contributed by atoms with Gasteiger partial charge in [-0.05, 0) is 61.4 Å². The first-order chi connectivity index (χ1) is 16.4. The van der Waals surface area contributed by atoms with Gasteiger partial charge in [0.15, 0.2) is 11.5 Å². The monoisotopic (exact) mass is 481 g/mol. The molecule has 0 aliphatic carbocycles. The van der Waals surface area contributed by atoms with Crippen LogP contribution in [0.5, 0.6) is 11.5 Å². The van der Waals surface area contributed by atoms with Crippen LogP contribution in [0.3, 0.4) is 0 Å². The number of hydrogen-bond donors (Lipinski definition) is 0. The molecule has 1 aliphatic heterocycles. The van der Waals surface area contributed by atoms with Crippen molar-refractivity contribution in [1.82, 2.24) is 4.90 Å². The highest BCUT2D eigenvalue weighted by molar-refractivity contribution is 8.18. The molecule has 1 saturated heterocycles. The molecule has 1 fully saturated rings. The summed E-state index contributed by atoms with van der Waals surface area (Å²) in [6.07, 6.45) is 3.88. The Hall–Kier alpha value is -3.52. The summed E-state index contributed by atoms with van der Waals surface area (Å²) in [6.45, 7) is 7.65. The highest BCUT2D eigenvalue weighted by Crippen LogP contribution is 2.37. The first-order valence-corrected chi connectivity index (χ1v) is 11.6. The Morgan fingerprint density at radius 1 is 1.18 bits per heavy atom. The van der Waals surface area contributed by atoms with Gasteiger partial charge in [-0.2, -0.15) is 0 Å². The van der Waals surface area contributed by atoms with E-state index in [-0.39, 0.29) is 11.5 Å². The average molecular weight is 482 g/mol.